The summed E-state index contributed by atoms with van der Waals surface area (Å²) in [6, 6.07) is 6.86. The number of anilines is 1. The van der Waals surface area contributed by atoms with Crippen molar-refractivity contribution in [2.45, 2.75) is 20.8 Å². The van der Waals surface area contributed by atoms with E-state index in [4.69, 9.17) is 9.47 Å². The van der Waals surface area contributed by atoms with Gasteiger partial charge in [-0.25, -0.2) is 0 Å². The number of aryl methyl sites for hydroxylation is 2. The van der Waals surface area contributed by atoms with Crippen LogP contribution in [0.25, 0.3) is 0 Å². The third-order valence-corrected chi connectivity index (χ3v) is 3.33. The van der Waals surface area contributed by atoms with Crippen molar-refractivity contribution in [3.8, 4) is 11.5 Å². The molecule has 23 heavy (non-hydrogen) atoms. The minimum Gasteiger partial charge on any atom is -0.497 e. The molecule has 6 nitrogen and oxygen atoms in total. The minimum atomic E-state index is -0.488. The van der Waals surface area contributed by atoms with Crippen LogP contribution in [0.15, 0.2) is 29.1 Å². The Morgan fingerprint density at radius 2 is 2.00 bits per heavy atom. The number of methoxy groups -OCH3 is 1. The zero-order chi connectivity index (χ0) is 17.0. The number of benzene rings is 1. The lowest BCUT2D eigenvalue weighted by Crippen LogP contribution is -2.25. The molecule has 2 rings (SSSR count). The molecule has 0 aliphatic heterocycles. The van der Waals surface area contributed by atoms with Crippen molar-refractivity contribution in [2.24, 2.45) is 0 Å². The molecular weight excluding hydrogens is 296 g/mol. The van der Waals surface area contributed by atoms with Crippen LogP contribution in [0.4, 0.5) is 5.69 Å². The highest BCUT2D eigenvalue weighted by Gasteiger charge is 2.17. The Morgan fingerprint density at radius 1 is 1.26 bits per heavy atom. The van der Waals surface area contributed by atoms with Gasteiger partial charge in [-0.1, -0.05) is 0 Å². The fourth-order valence-electron chi connectivity index (χ4n) is 2.34. The summed E-state index contributed by atoms with van der Waals surface area (Å²) in [6.45, 7) is 5.81. The summed E-state index contributed by atoms with van der Waals surface area (Å²) in [7, 11) is 1.54. The van der Waals surface area contributed by atoms with Crippen molar-refractivity contribution in [1.82, 2.24) is 4.98 Å². The van der Waals surface area contributed by atoms with Gasteiger partial charge in [-0.05, 0) is 44.5 Å². The molecule has 0 fully saturated rings. The zero-order valence-electron chi connectivity index (χ0n) is 13.6. The highest BCUT2D eigenvalue weighted by atomic mass is 16.5. The van der Waals surface area contributed by atoms with E-state index >= 15 is 0 Å². The first-order chi connectivity index (χ1) is 11.0. The van der Waals surface area contributed by atoms with Gasteiger partial charge in [-0.3, -0.25) is 9.59 Å². The van der Waals surface area contributed by atoms with Crippen molar-refractivity contribution in [2.75, 3.05) is 19.0 Å². The van der Waals surface area contributed by atoms with E-state index in [1.165, 1.54) is 7.11 Å². The average Bonchev–Trinajstić information content (AvgIpc) is 2.48. The second-order valence-electron chi connectivity index (χ2n) is 5.09. The van der Waals surface area contributed by atoms with Gasteiger partial charge >= 0.3 is 0 Å². The van der Waals surface area contributed by atoms with Crippen molar-refractivity contribution in [3.05, 3.63) is 51.4 Å². The monoisotopic (exact) mass is 316 g/mol. The quantitative estimate of drug-likeness (QED) is 0.888. The van der Waals surface area contributed by atoms with Crippen molar-refractivity contribution >= 4 is 11.6 Å². The van der Waals surface area contributed by atoms with Gasteiger partial charge in [-0.15, -0.1) is 0 Å². The molecule has 1 aromatic carbocycles. The maximum atomic E-state index is 12.5. The van der Waals surface area contributed by atoms with Crippen LogP contribution < -0.4 is 20.3 Å². The Labute approximate surface area is 134 Å². The Morgan fingerprint density at radius 3 is 2.61 bits per heavy atom. The van der Waals surface area contributed by atoms with E-state index < -0.39 is 11.5 Å². The number of aromatic nitrogens is 1. The second-order valence-corrected chi connectivity index (χ2v) is 5.09. The van der Waals surface area contributed by atoms with Crippen molar-refractivity contribution < 1.29 is 14.3 Å². The van der Waals surface area contributed by atoms with E-state index in [0.29, 0.717) is 35.1 Å². The van der Waals surface area contributed by atoms with Gasteiger partial charge in [0.15, 0.2) is 0 Å². The van der Waals surface area contributed by atoms with Crippen LogP contribution in [-0.4, -0.2) is 24.6 Å². The molecule has 6 heteroatoms. The van der Waals surface area contributed by atoms with Crippen LogP contribution in [0, 0.1) is 13.8 Å². The Bertz CT molecular complexity index is 781. The Balaban J connectivity index is 2.39. The van der Waals surface area contributed by atoms with Crippen LogP contribution in [0.5, 0.6) is 11.5 Å². The summed E-state index contributed by atoms with van der Waals surface area (Å²) in [5, 5.41) is 2.72. The lowest BCUT2D eigenvalue weighted by Gasteiger charge is -2.13. The molecule has 2 N–H and O–H groups in total. The number of carbonyl (C=O) groups excluding carboxylic acids is 1. The SMILES string of the molecule is CCOc1ccc(OC)cc1NC(=O)c1c(C)cc(C)[nH]c1=O. The van der Waals surface area contributed by atoms with Crippen LogP contribution >= 0.6 is 0 Å². The predicted molar refractivity (Wildman–Crippen MR) is 88.7 cm³/mol. The normalized spacial score (nSPS) is 10.3. The van der Waals surface area contributed by atoms with Gasteiger partial charge in [0.05, 0.1) is 19.4 Å². The largest absolute Gasteiger partial charge is 0.497 e. The molecule has 1 amide bonds. The smallest absolute Gasteiger partial charge is 0.261 e. The molecule has 2 aromatic rings. The lowest BCUT2D eigenvalue weighted by atomic mass is 10.1. The highest BCUT2D eigenvalue weighted by Crippen LogP contribution is 2.29. The van der Waals surface area contributed by atoms with Crippen molar-refractivity contribution in [1.29, 1.82) is 0 Å². The average molecular weight is 316 g/mol. The maximum Gasteiger partial charge on any atom is 0.261 e. The predicted octanol–water partition coefficient (Wildman–Crippen LogP) is 2.65. The molecular formula is C17H20N2O4. The zero-order valence-corrected chi connectivity index (χ0v) is 13.6. The number of rotatable bonds is 5. The molecule has 0 unspecified atom stereocenters. The molecule has 1 heterocycles. The summed E-state index contributed by atoms with van der Waals surface area (Å²) in [5.74, 6) is 0.610. The van der Waals surface area contributed by atoms with E-state index in [1.54, 1.807) is 38.1 Å². The minimum absolute atomic E-state index is 0.0841. The third-order valence-electron chi connectivity index (χ3n) is 3.33. The summed E-state index contributed by atoms with van der Waals surface area (Å²) < 4.78 is 10.7. The summed E-state index contributed by atoms with van der Waals surface area (Å²) in [4.78, 5) is 27.2. The molecule has 0 saturated carbocycles. The molecule has 1 aromatic heterocycles. The van der Waals surface area contributed by atoms with E-state index in [-0.39, 0.29) is 5.56 Å². The summed E-state index contributed by atoms with van der Waals surface area (Å²) in [5.41, 5.74) is 1.45. The molecule has 0 bridgehead atoms. The highest BCUT2D eigenvalue weighted by molar-refractivity contribution is 6.05. The fraction of sp³-hybridized carbons (Fsp3) is 0.294. The Kier molecular flexibility index (Phi) is 5.05. The second kappa shape index (κ2) is 7.00. The number of hydrogen-bond donors (Lipinski definition) is 2. The summed E-state index contributed by atoms with van der Waals surface area (Å²) >= 11 is 0. The number of nitrogens with one attached hydrogen (secondary N) is 2. The van der Waals surface area contributed by atoms with Gasteiger partial charge in [0.25, 0.3) is 11.5 Å². The molecule has 122 valence electrons. The number of pyridine rings is 1. The summed E-state index contributed by atoms with van der Waals surface area (Å²) in [6.07, 6.45) is 0. The maximum absolute atomic E-state index is 12.5. The molecule has 0 radical (unpaired) electrons. The lowest BCUT2D eigenvalue weighted by molar-refractivity contribution is 0.102. The van der Waals surface area contributed by atoms with Gasteiger partial charge < -0.3 is 19.8 Å². The van der Waals surface area contributed by atoms with Crippen LogP contribution in [0.3, 0.4) is 0 Å². The first-order valence-corrected chi connectivity index (χ1v) is 7.29. The first-order valence-electron chi connectivity index (χ1n) is 7.29. The van der Waals surface area contributed by atoms with Crippen molar-refractivity contribution in [3.63, 3.8) is 0 Å². The van der Waals surface area contributed by atoms with Crippen LogP contribution in [0.1, 0.15) is 28.5 Å². The number of aromatic amines is 1. The number of ether oxygens (including phenoxy) is 2. The molecule has 0 spiro atoms. The Hall–Kier alpha value is -2.76. The van der Waals surface area contributed by atoms with E-state index in [9.17, 15) is 9.59 Å². The molecule has 0 atom stereocenters. The van der Waals surface area contributed by atoms with E-state index in [2.05, 4.69) is 10.3 Å². The standard InChI is InChI=1S/C17H20N2O4/c1-5-23-14-7-6-12(22-4)9-13(14)19-17(21)15-10(2)8-11(3)18-16(15)20/h6-9H,5H2,1-4H3,(H,18,20)(H,19,21). The fourth-order valence-corrected chi connectivity index (χ4v) is 2.34. The van der Waals surface area contributed by atoms with E-state index in [1.807, 2.05) is 6.92 Å². The van der Waals surface area contributed by atoms with Gasteiger partial charge in [0, 0.05) is 11.8 Å². The molecule has 0 aliphatic carbocycles. The number of carbonyl (C=O) groups is 1. The number of amides is 1. The number of hydrogen-bond acceptors (Lipinski definition) is 4. The van der Waals surface area contributed by atoms with Gasteiger partial charge in [0.1, 0.15) is 17.1 Å². The van der Waals surface area contributed by atoms with Crippen LogP contribution in [-0.2, 0) is 0 Å². The number of H-pyrrole nitrogens is 1. The molecule has 0 aliphatic rings. The third kappa shape index (κ3) is 3.71. The van der Waals surface area contributed by atoms with Gasteiger partial charge in [-0.2, -0.15) is 0 Å². The first kappa shape index (κ1) is 16.6. The van der Waals surface area contributed by atoms with Gasteiger partial charge in [0.2, 0.25) is 0 Å². The van der Waals surface area contributed by atoms with E-state index in [0.717, 1.165) is 0 Å². The van der Waals surface area contributed by atoms with Crippen LogP contribution in [0.2, 0.25) is 0 Å². The topological polar surface area (TPSA) is 80.4 Å². The molecule has 0 saturated heterocycles.